The molecular formula is C22H19ClF2N4O3S2. The molecule has 1 aromatic heterocycles. The highest BCUT2D eigenvalue weighted by Crippen LogP contribution is 2.46. The lowest BCUT2D eigenvalue weighted by molar-refractivity contribution is 0.423. The van der Waals surface area contributed by atoms with Crippen LogP contribution in [0.4, 0.5) is 14.6 Å². The SMILES string of the molecule is O=c1nc(N2CCNC3CS(=O)(=O)C[C@@H]32)c2cc(Cl)c(-c3ccc(F)cc3F)c3c2n1CCS3. The van der Waals surface area contributed by atoms with E-state index in [1.165, 1.54) is 23.9 Å². The number of piperazine rings is 1. The molecule has 178 valence electrons. The average Bonchev–Trinajstić information content (AvgIpc) is 3.11. The zero-order chi connectivity index (χ0) is 23.8. The summed E-state index contributed by atoms with van der Waals surface area (Å²) >= 11 is 8.16. The molecule has 7 nitrogen and oxygen atoms in total. The molecule has 3 aliphatic rings. The van der Waals surface area contributed by atoms with Crippen LogP contribution in [0.15, 0.2) is 34.0 Å². The predicted octanol–water partition coefficient (Wildman–Crippen LogP) is 2.68. The van der Waals surface area contributed by atoms with E-state index in [1.54, 1.807) is 10.6 Å². The van der Waals surface area contributed by atoms with Gasteiger partial charge in [0.1, 0.15) is 17.5 Å². The smallest absolute Gasteiger partial charge is 0.349 e. The van der Waals surface area contributed by atoms with E-state index in [4.69, 9.17) is 11.6 Å². The Morgan fingerprint density at radius 2 is 2.00 bits per heavy atom. The molecule has 1 unspecified atom stereocenters. The van der Waals surface area contributed by atoms with Gasteiger partial charge in [-0.3, -0.25) is 4.57 Å². The third kappa shape index (κ3) is 3.43. The van der Waals surface area contributed by atoms with Crippen molar-refractivity contribution in [2.24, 2.45) is 0 Å². The maximum absolute atomic E-state index is 14.8. The molecule has 0 aliphatic carbocycles. The maximum atomic E-state index is 14.8. The van der Waals surface area contributed by atoms with Crippen molar-refractivity contribution >= 4 is 49.9 Å². The van der Waals surface area contributed by atoms with Crippen LogP contribution in [0.1, 0.15) is 0 Å². The summed E-state index contributed by atoms with van der Waals surface area (Å²) in [7, 11) is -3.22. The molecule has 4 heterocycles. The van der Waals surface area contributed by atoms with E-state index in [-0.39, 0.29) is 34.2 Å². The zero-order valence-corrected chi connectivity index (χ0v) is 20.1. The highest BCUT2D eigenvalue weighted by atomic mass is 35.5. The summed E-state index contributed by atoms with van der Waals surface area (Å²) in [5.41, 5.74) is 0.695. The summed E-state index contributed by atoms with van der Waals surface area (Å²) in [6.45, 7) is 1.46. The fourth-order valence-electron chi connectivity index (χ4n) is 5.24. The summed E-state index contributed by atoms with van der Waals surface area (Å²) in [5.74, 6) is -0.461. The molecule has 1 N–H and O–H groups in total. The predicted molar refractivity (Wildman–Crippen MR) is 129 cm³/mol. The van der Waals surface area contributed by atoms with Crippen molar-refractivity contribution < 1.29 is 17.2 Å². The fourth-order valence-corrected chi connectivity index (χ4v) is 8.76. The zero-order valence-electron chi connectivity index (χ0n) is 17.7. The number of nitrogens with one attached hydrogen (secondary N) is 1. The van der Waals surface area contributed by atoms with Crippen LogP contribution < -0.4 is 15.9 Å². The number of sulfone groups is 1. The Hall–Kier alpha value is -2.21. The second-order valence-electron chi connectivity index (χ2n) is 8.70. The Bertz CT molecular complexity index is 1530. The van der Waals surface area contributed by atoms with Gasteiger partial charge >= 0.3 is 5.69 Å². The number of nitrogens with zero attached hydrogens (tertiary/aromatic N) is 3. The minimum absolute atomic E-state index is 0.0227. The molecule has 3 aromatic rings. The minimum atomic E-state index is -3.22. The van der Waals surface area contributed by atoms with Crippen molar-refractivity contribution in [2.75, 3.05) is 35.2 Å². The summed E-state index contributed by atoms with van der Waals surface area (Å²) in [4.78, 5) is 20.0. The van der Waals surface area contributed by atoms with Crippen molar-refractivity contribution in [1.82, 2.24) is 14.9 Å². The van der Waals surface area contributed by atoms with Crippen molar-refractivity contribution in [3.05, 3.63) is 51.4 Å². The van der Waals surface area contributed by atoms with Crippen LogP contribution in [0.2, 0.25) is 5.02 Å². The van der Waals surface area contributed by atoms with Crippen LogP contribution in [0.25, 0.3) is 22.0 Å². The van der Waals surface area contributed by atoms with Gasteiger partial charge in [-0.05, 0) is 18.2 Å². The molecule has 34 heavy (non-hydrogen) atoms. The molecule has 2 aromatic carbocycles. The normalized spacial score (nSPS) is 23.3. The van der Waals surface area contributed by atoms with Crippen LogP contribution >= 0.6 is 23.4 Å². The van der Waals surface area contributed by atoms with Crippen molar-refractivity contribution in [2.45, 2.75) is 23.5 Å². The van der Waals surface area contributed by atoms with Crippen LogP contribution in [0.3, 0.4) is 0 Å². The van der Waals surface area contributed by atoms with Crippen molar-refractivity contribution in [1.29, 1.82) is 0 Å². The number of rotatable bonds is 2. The number of halogens is 3. The molecule has 0 spiro atoms. The van der Waals surface area contributed by atoms with E-state index in [9.17, 15) is 22.0 Å². The third-order valence-corrected chi connectivity index (χ3v) is 9.75. The molecule has 2 fully saturated rings. The highest BCUT2D eigenvalue weighted by Gasteiger charge is 2.44. The third-order valence-electron chi connectivity index (χ3n) is 6.67. The molecular weight excluding hydrogens is 506 g/mol. The Morgan fingerprint density at radius 3 is 2.79 bits per heavy atom. The van der Waals surface area contributed by atoms with Crippen molar-refractivity contribution in [3.63, 3.8) is 0 Å². The van der Waals surface area contributed by atoms with E-state index in [0.29, 0.717) is 52.6 Å². The molecule has 2 saturated heterocycles. The quantitative estimate of drug-likeness (QED) is 0.552. The summed E-state index contributed by atoms with van der Waals surface area (Å²) in [6.07, 6.45) is 0. The van der Waals surface area contributed by atoms with Gasteiger partial charge in [-0.25, -0.2) is 22.0 Å². The fraction of sp³-hybridized carbons (Fsp3) is 0.364. The van der Waals surface area contributed by atoms with Crippen LogP contribution in [-0.2, 0) is 16.4 Å². The molecule has 6 rings (SSSR count). The van der Waals surface area contributed by atoms with Crippen LogP contribution in [0.5, 0.6) is 0 Å². The number of hydrogen-bond acceptors (Lipinski definition) is 7. The lowest BCUT2D eigenvalue weighted by atomic mass is 10.0. The number of aromatic nitrogens is 2. The number of benzene rings is 2. The molecule has 0 bridgehead atoms. The molecule has 0 saturated carbocycles. The molecule has 0 radical (unpaired) electrons. The first kappa shape index (κ1) is 22.3. The van der Waals surface area contributed by atoms with Gasteiger partial charge in [0.05, 0.1) is 28.1 Å². The second kappa shape index (κ2) is 7.91. The van der Waals surface area contributed by atoms with E-state index in [0.717, 1.165) is 6.07 Å². The van der Waals surface area contributed by atoms with Crippen LogP contribution in [-0.4, -0.2) is 60.4 Å². The molecule has 3 aliphatic heterocycles. The average molecular weight is 525 g/mol. The van der Waals surface area contributed by atoms with Crippen molar-refractivity contribution in [3.8, 4) is 11.1 Å². The Morgan fingerprint density at radius 1 is 1.18 bits per heavy atom. The lowest BCUT2D eigenvalue weighted by Crippen LogP contribution is -2.58. The Balaban J connectivity index is 1.62. The van der Waals surface area contributed by atoms with Gasteiger partial charge in [-0.2, -0.15) is 4.98 Å². The Kier molecular flexibility index (Phi) is 5.18. The minimum Gasteiger partial charge on any atom is -0.349 e. The van der Waals surface area contributed by atoms with Gasteiger partial charge < -0.3 is 10.2 Å². The molecule has 2 atom stereocenters. The van der Waals surface area contributed by atoms with Gasteiger partial charge in [-0.15, -0.1) is 11.8 Å². The Labute approximate surface area is 203 Å². The first-order valence-electron chi connectivity index (χ1n) is 10.8. The number of anilines is 1. The first-order chi connectivity index (χ1) is 16.2. The van der Waals surface area contributed by atoms with Gasteiger partial charge in [0, 0.05) is 58.9 Å². The van der Waals surface area contributed by atoms with Gasteiger partial charge in [-0.1, -0.05) is 11.6 Å². The number of thioether (sulfide) groups is 1. The van der Waals surface area contributed by atoms with E-state index >= 15 is 0 Å². The van der Waals surface area contributed by atoms with E-state index in [2.05, 4.69) is 10.3 Å². The number of fused-ring (bicyclic) bond motifs is 1. The van der Waals surface area contributed by atoms with E-state index < -0.39 is 27.2 Å². The van der Waals surface area contributed by atoms with Gasteiger partial charge in [0.2, 0.25) is 0 Å². The highest BCUT2D eigenvalue weighted by molar-refractivity contribution is 7.99. The standard InChI is InChI=1S/C22H19ClF2N4O3S2/c23-14-8-13-19-20(18(14)12-2-1-11(24)7-15(12)25)33-6-5-29(19)22(30)27-21(13)28-4-3-26-16-9-34(31,32)10-17(16)28/h1-2,7-8,16-17,26H,3-6,9-10H2/t16?,17-/m0/s1. The van der Waals surface area contributed by atoms with E-state index in [1.807, 2.05) is 4.90 Å². The second-order valence-corrected chi connectivity index (χ2v) is 12.4. The lowest BCUT2D eigenvalue weighted by Gasteiger charge is -2.39. The number of aryl methyl sites for hydroxylation is 1. The van der Waals surface area contributed by atoms with Crippen LogP contribution in [0, 0.1) is 11.6 Å². The summed E-state index contributed by atoms with van der Waals surface area (Å²) < 4.78 is 54.6. The maximum Gasteiger partial charge on any atom is 0.350 e. The largest absolute Gasteiger partial charge is 0.350 e. The monoisotopic (exact) mass is 524 g/mol. The first-order valence-corrected chi connectivity index (χ1v) is 14.0. The summed E-state index contributed by atoms with van der Waals surface area (Å²) in [5, 5.41) is 4.13. The van der Waals surface area contributed by atoms with Gasteiger partial charge in [0.25, 0.3) is 0 Å². The number of hydrogen-bond donors (Lipinski definition) is 1. The molecule has 12 heteroatoms. The molecule has 0 amide bonds. The van der Waals surface area contributed by atoms with Gasteiger partial charge in [0.15, 0.2) is 9.84 Å². The summed E-state index contributed by atoms with van der Waals surface area (Å²) in [6, 6.07) is 4.38. The topological polar surface area (TPSA) is 84.3 Å².